The van der Waals surface area contributed by atoms with Gasteiger partial charge in [-0.2, -0.15) is 0 Å². The Kier molecular flexibility index (Phi) is 2.62. The zero-order valence-electron chi connectivity index (χ0n) is 8.79. The summed E-state index contributed by atoms with van der Waals surface area (Å²) in [6, 6.07) is 5.90. The van der Waals surface area contributed by atoms with Crippen LogP contribution in [-0.2, 0) is 11.2 Å². The zero-order valence-corrected chi connectivity index (χ0v) is 8.79. The molecule has 1 aliphatic heterocycles. The smallest absolute Gasteiger partial charge is 0.310 e. The predicted molar refractivity (Wildman–Crippen MR) is 59.3 cm³/mol. The number of hydrogen-bond donors (Lipinski definition) is 2. The van der Waals surface area contributed by atoms with E-state index in [1.165, 1.54) is 5.56 Å². The Morgan fingerprint density at radius 1 is 1.53 bits per heavy atom. The zero-order chi connectivity index (χ0) is 10.8. The molecule has 0 saturated heterocycles. The minimum atomic E-state index is -0.765. The van der Waals surface area contributed by atoms with Crippen LogP contribution in [0.2, 0.25) is 0 Å². The number of hydrogen-bond acceptors (Lipinski definition) is 2. The van der Waals surface area contributed by atoms with Crippen molar-refractivity contribution in [3.8, 4) is 0 Å². The molecular weight excluding hydrogens is 190 g/mol. The molecule has 0 amide bonds. The summed E-state index contributed by atoms with van der Waals surface area (Å²) in [4.78, 5) is 10.9. The van der Waals surface area contributed by atoms with Gasteiger partial charge in [0.15, 0.2) is 0 Å². The number of rotatable bonds is 2. The van der Waals surface area contributed by atoms with Crippen molar-refractivity contribution in [2.24, 2.45) is 0 Å². The van der Waals surface area contributed by atoms with Gasteiger partial charge in [0.25, 0.3) is 0 Å². The second-order valence-corrected chi connectivity index (χ2v) is 4.01. The number of aryl methyl sites for hydroxylation is 1. The molecule has 0 fully saturated rings. The van der Waals surface area contributed by atoms with E-state index >= 15 is 0 Å². The number of nitrogens with one attached hydrogen (secondary N) is 1. The van der Waals surface area contributed by atoms with Gasteiger partial charge in [-0.15, -0.1) is 0 Å². The van der Waals surface area contributed by atoms with Crippen LogP contribution in [0, 0.1) is 0 Å². The van der Waals surface area contributed by atoms with Crippen LogP contribution in [0.1, 0.15) is 30.4 Å². The number of fused-ring (bicyclic) bond motifs is 1. The first-order valence-corrected chi connectivity index (χ1v) is 5.28. The van der Waals surface area contributed by atoms with E-state index in [2.05, 4.69) is 5.32 Å². The number of benzene rings is 1. The first kappa shape index (κ1) is 10.0. The van der Waals surface area contributed by atoms with Crippen molar-refractivity contribution in [2.45, 2.75) is 25.7 Å². The summed E-state index contributed by atoms with van der Waals surface area (Å²) in [6.07, 6.45) is 2.17. The monoisotopic (exact) mass is 205 g/mol. The van der Waals surface area contributed by atoms with Gasteiger partial charge in [-0.05, 0) is 37.0 Å². The van der Waals surface area contributed by atoms with Crippen molar-refractivity contribution in [1.82, 2.24) is 0 Å². The molecule has 80 valence electrons. The normalized spacial score (nSPS) is 16.3. The summed E-state index contributed by atoms with van der Waals surface area (Å²) in [6.45, 7) is 2.74. The highest BCUT2D eigenvalue weighted by atomic mass is 16.4. The molecule has 2 rings (SSSR count). The van der Waals surface area contributed by atoms with E-state index in [4.69, 9.17) is 5.11 Å². The van der Waals surface area contributed by atoms with Crippen LogP contribution < -0.4 is 5.32 Å². The summed E-state index contributed by atoms with van der Waals surface area (Å²) < 4.78 is 0. The van der Waals surface area contributed by atoms with E-state index in [1.54, 1.807) is 6.92 Å². The third-order valence-corrected chi connectivity index (χ3v) is 2.94. The van der Waals surface area contributed by atoms with Crippen LogP contribution in [0.25, 0.3) is 0 Å². The van der Waals surface area contributed by atoms with Crippen LogP contribution in [0.5, 0.6) is 0 Å². The Labute approximate surface area is 89.1 Å². The molecule has 15 heavy (non-hydrogen) atoms. The molecule has 1 heterocycles. The fourth-order valence-corrected chi connectivity index (χ4v) is 1.91. The molecule has 0 bridgehead atoms. The Morgan fingerprint density at radius 2 is 2.33 bits per heavy atom. The van der Waals surface area contributed by atoms with Gasteiger partial charge < -0.3 is 10.4 Å². The summed E-state index contributed by atoms with van der Waals surface area (Å²) in [5.74, 6) is -1.18. The minimum absolute atomic E-state index is 0.419. The number of carboxylic acids is 1. The van der Waals surface area contributed by atoms with Gasteiger partial charge in [-0.3, -0.25) is 4.79 Å². The highest BCUT2D eigenvalue weighted by Gasteiger charge is 2.16. The number of carbonyl (C=O) groups is 1. The average molecular weight is 205 g/mol. The molecule has 0 saturated carbocycles. The fourth-order valence-electron chi connectivity index (χ4n) is 1.91. The number of anilines is 1. The first-order valence-electron chi connectivity index (χ1n) is 5.28. The predicted octanol–water partition coefficient (Wildman–Crippen LogP) is 2.23. The quantitative estimate of drug-likeness (QED) is 0.778. The molecule has 1 atom stereocenters. The Bertz CT molecular complexity index is 387. The van der Waals surface area contributed by atoms with E-state index in [1.807, 2.05) is 18.2 Å². The van der Waals surface area contributed by atoms with Crippen molar-refractivity contribution in [3.05, 3.63) is 29.3 Å². The molecule has 1 aromatic rings. The van der Waals surface area contributed by atoms with E-state index in [-0.39, 0.29) is 0 Å². The molecule has 0 spiro atoms. The van der Waals surface area contributed by atoms with Crippen molar-refractivity contribution < 1.29 is 9.90 Å². The molecule has 0 radical (unpaired) electrons. The van der Waals surface area contributed by atoms with Gasteiger partial charge in [0, 0.05) is 12.2 Å². The van der Waals surface area contributed by atoms with Crippen molar-refractivity contribution in [1.29, 1.82) is 0 Å². The third kappa shape index (κ3) is 1.96. The summed E-state index contributed by atoms with van der Waals surface area (Å²) in [5.41, 5.74) is 3.29. The fraction of sp³-hybridized carbons (Fsp3) is 0.417. The van der Waals surface area contributed by atoms with Gasteiger partial charge in [0.1, 0.15) is 0 Å². The molecule has 1 aromatic carbocycles. The molecular formula is C12H15NO2. The highest BCUT2D eigenvalue weighted by molar-refractivity contribution is 5.76. The van der Waals surface area contributed by atoms with E-state index in [0.29, 0.717) is 0 Å². The second kappa shape index (κ2) is 3.93. The average Bonchev–Trinajstić information content (AvgIpc) is 2.27. The van der Waals surface area contributed by atoms with E-state index in [0.717, 1.165) is 30.6 Å². The third-order valence-electron chi connectivity index (χ3n) is 2.94. The van der Waals surface area contributed by atoms with Crippen molar-refractivity contribution in [2.75, 3.05) is 11.9 Å². The molecule has 2 N–H and O–H groups in total. The van der Waals surface area contributed by atoms with Crippen LogP contribution in [0.3, 0.4) is 0 Å². The van der Waals surface area contributed by atoms with Crippen molar-refractivity contribution >= 4 is 11.7 Å². The maximum atomic E-state index is 10.9. The Hall–Kier alpha value is -1.51. The summed E-state index contributed by atoms with van der Waals surface area (Å²) >= 11 is 0. The van der Waals surface area contributed by atoms with E-state index < -0.39 is 11.9 Å². The Morgan fingerprint density at radius 3 is 3.07 bits per heavy atom. The van der Waals surface area contributed by atoms with Gasteiger partial charge in [-0.1, -0.05) is 12.1 Å². The molecule has 0 unspecified atom stereocenters. The molecule has 1 aliphatic rings. The minimum Gasteiger partial charge on any atom is -0.481 e. The van der Waals surface area contributed by atoms with Crippen LogP contribution in [-0.4, -0.2) is 17.6 Å². The standard InChI is InChI=1S/C12H15NO2/c1-8(12(14)15)9-4-5-11-10(7-9)3-2-6-13-11/h4-5,7-8,13H,2-3,6H2,1H3,(H,14,15)/t8-/m0/s1. The first-order chi connectivity index (χ1) is 7.18. The van der Waals surface area contributed by atoms with Gasteiger partial charge >= 0.3 is 5.97 Å². The lowest BCUT2D eigenvalue weighted by atomic mass is 9.95. The van der Waals surface area contributed by atoms with Crippen LogP contribution in [0.4, 0.5) is 5.69 Å². The highest BCUT2D eigenvalue weighted by Crippen LogP contribution is 2.26. The number of carboxylic acid groups (broad SMARTS) is 1. The maximum Gasteiger partial charge on any atom is 0.310 e. The number of aliphatic carboxylic acids is 1. The van der Waals surface area contributed by atoms with Gasteiger partial charge in [0.2, 0.25) is 0 Å². The topological polar surface area (TPSA) is 49.3 Å². The van der Waals surface area contributed by atoms with Crippen LogP contribution in [0.15, 0.2) is 18.2 Å². The maximum absolute atomic E-state index is 10.9. The molecule has 0 aliphatic carbocycles. The lowest BCUT2D eigenvalue weighted by molar-refractivity contribution is -0.138. The lowest BCUT2D eigenvalue weighted by Crippen LogP contribution is -2.13. The lowest BCUT2D eigenvalue weighted by Gasteiger charge is -2.19. The molecule has 3 nitrogen and oxygen atoms in total. The van der Waals surface area contributed by atoms with Crippen molar-refractivity contribution in [3.63, 3.8) is 0 Å². The van der Waals surface area contributed by atoms with Gasteiger partial charge in [0.05, 0.1) is 5.92 Å². The van der Waals surface area contributed by atoms with Gasteiger partial charge in [-0.25, -0.2) is 0 Å². The summed E-state index contributed by atoms with van der Waals surface area (Å²) in [7, 11) is 0. The second-order valence-electron chi connectivity index (χ2n) is 4.01. The summed E-state index contributed by atoms with van der Waals surface area (Å²) in [5, 5.41) is 12.2. The van der Waals surface area contributed by atoms with Crippen LogP contribution >= 0.6 is 0 Å². The van der Waals surface area contributed by atoms with E-state index in [9.17, 15) is 4.79 Å². The molecule has 3 heteroatoms. The Balaban J connectivity index is 2.31. The molecule has 0 aromatic heterocycles. The SMILES string of the molecule is C[C@H](C(=O)O)c1ccc2c(c1)CCCN2. The largest absolute Gasteiger partial charge is 0.481 e.